The summed E-state index contributed by atoms with van der Waals surface area (Å²) in [6.07, 6.45) is 5.75. The highest BCUT2D eigenvalue weighted by molar-refractivity contribution is 9.10. The van der Waals surface area contributed by atoms with Crippen LogP contribution in [0.5, 0.6) is 0 Å². The second-order valence-corrected chi connectivity index (χ2v) is 8.30. The fourth-order valence-electron chi connectivity index (χ4n) is 3.48. The molecular weight excluding hydrogens is 425 g/mol. The van der Waals surface area contributed by atoms with Crippen LogP contribution in [0.15, 0.2) is 34.9 Å². The van der Waals surface area contributed by atoms with Gasteiger partial charge in [0.05, 0.1) is 11.3 Å². The number of benzene rings is 1. The van der Waals surface area contributed by atoms with E-state index >= 15 is 0 Å². The van der Waals surface area contributed by atoms with E-state index in [0.29, 0.717) is 35.4 Å². The van der Waals surface area contributed by atoms with Crippen LogP contribution in [0.25, 0.3) is 0 Å². The van der Waals surface area contributed by atoms with Gasteiger partial charge in [-0.25, -0.2) is 9.37 Å². The molecule has 28 heavy (non-hydrogen) atoms. The van der Waals surface area contributed by atoms with Crippen LogP contribution in [0.1, 0.15) is 47.5 Å². The third kappa shape index (κ3) is 4.70. The predicted molar refractivity (Wildman–Crippen MR) is 109 cm³/mol. The molecule has 0 radical (unpaired) electrons. The van der Waals surface area contributed by atoms with Crippen LogP contribution in [-0.4, -0.2) is 30.6 Å². The number of aromatic nitrogens is 1. The van der Waals surface area contributed by atoms with Crippen LogP contribution >= 0.6 is 15.9 Å². The number of pyridine rings is 1. The lowest BCUT2D eigenvalue weighted by molar-refractivity contribution is 0.0642. The van der Waals surface area contributed by atoms with Gasteiger partial charge in [0.25, 0.3) is 5.91 Å². The van der Waals surface area contributed by atoms with Gasteiger partial charge in [-0.2, -0.15) is 0 Å². The van der Waals surface area contributed by atoms with Gasteiger partial charge in [0.1, 0.15) is 11.6 Å². The van der Waals surface area contributed by atoms with Crippen molar-refractivity contribution in [1.82, 2.24) is 10.3 Å². The van der Waals surface area contributed by atoms with Crippen molar-refractivity contribution in [1.29, 1.82) is 0 Å². The zero-order valence-corrected chi connectivity index (χ0v) is 17.1. The number of anilines is 2. The number of carbonyl (C=O) groups is 1. The van der Waals surface area contributed by atoms with Gasteiger partial charge in [-0.15, -0.1) is 0 Å². The summed E-state index contributed by atoms with van der Waals surface area (Å²) in [5.74, 6) is 1.08. The Balaban J connectivity index is 1.49. The number of rotatable bonds is 6. The minimum Gasteiger partial charge on any atom is -0.381 e. The first-order valence-electron chi connectivity index (χ1n) is 9.68. The average Bonchev–Trinajstić information content (AvgIpc) is 3.55. The topological polar surface area (TPSA) is 63.2 Å². The maximum Gasteiger partial charge on any atom is 0.253 e. The molecule has 2 heterocycles. The number of halogens is 2. The van der Waals surface area contributed by atoms with E-state index < -0.39 is 0 Å². The fraction of sp³-hybridized carbons (Fsp3) is 0.429. The molecule has 1 saturated heterocycles. The number of amides is 1. The SMILES string of the molecule is O=C(NCC1CCOCC1)c1cnc(Nc2cc(F)ccc2Br)cc1C1CC1. The second kappa shape index (κ2) is 8.57. The molecule has 0 bridgehead atoms. The first-order valence-corrected chi connectivity index (χ1v) is 10.5. The van der Waals surface area contributed by atoms with E-state index in [1.165, 1.54) is 12.1 Å². The Hall–Kier alpha value is -1.99. The van der Waals surface area contributed by atoms with Gasteiger partial charge in [0, 0.05) is 30.4 Å². The average molecular weight is 448 g/mol. The lowest BCUT2D eigenvalue weighted by Gasteiger charge is -2.22. The van der Waals surface area contributed by atoms with E-state index in [2.05, 4.69) is 31.5 Å². The highest BCUT2D eigenvalue weighted by Crippen LogP contribution is 2.42. The van der Waals surface area contributed by atoms with Crippen molar-refractivity contribution in [3.8, 4) is 0 Å². The minimum absolute atomic E-state index is 0.0700. The third-order valence-corrected chi connectivity index (χ3v) is 5.97. The van der Waals surface area contributed by atoms with E-state index in [-0.39, 0.29) is 11.7 Å². The van der Waals surface area contributed by atoms with Crippen molar-refractivity contribution < 1.29 is 13.9 Å². The Labute approximate surface area is 172 Å². The quantitative estimate of drug-likeness (QED) is 0.669. The molecule has 0 atom stereocenters. The van der Waals surface area contributed by atoms with E-state index in [9.17, 15) is 9.18 Å². The Morgan fingerprint density at radius 2 is 2.00 bits per heavy atom. The van der Waals surface area contributed by atoms with E-state index in [0.717, 1.165) is 48.9 Å². The third-order valence-electron chi connectivity index (χ3n) is 5.28. The maximum atomic E-state index is 13.5. The number of nitrogens with zero attached hydrogens (tertiary/aromatic N) is 1. The monoisotopic (exact) mass is 447 g/mol. The highest BCUT2D eigenvalue weighted by Gasteiger charge is 2.29. The van der Waals surface area contributed by atoms with Crippen LogP contribution in [0.4, 0.5) is 15.9 Å². The molecule has 1 aromatic carbocycles. The number of hydrogen-bond acceptors (Lipinski definition) is 4. The zero-order chi connectivity index (χ0) is 19.5. The van der Waals surface area contributed by atoms with Crippen LogP contribution in [0.3, 0.4) is 0 Å². The standard InChI is InChI=1S/C21H23BrFN3O2/c22-18-4-3-15(23)9-19(18)26-20-10-16(14-1-2-14)17(12-24-20)21(27)25-11-13-5-7-28-8-6-13/h3-4,9-10,12-14H,1-2,5-8,11H2,(H,24,26)(H,25,27). The molecule has 2 N–H and O–H groups in total. The number of hydrogen-bond donors (Lipinski definition) is 2. The Kier molecular flexibility index (Phi) is 5.92. The van der Waals surface area contributed by atoms with Crippen LogP contribution in [-0.2, 0) is 4.74 Å². The molecule has 148 valence electrons. The van der Waals surface area contributed by atoms with E-state index in [1.54, 1.807) is 12.3 Å². The van der Waals surface area contributed by atoms with Crippen molar-refractivity contribution in [2.75, 3.05) is 25.1 Å². The lowest BCUT2D eigenvalue weighted by atomic mass is 10.00. The van der Waals surface area contributed by atoms with Crippen LogP contribution in [0, 0.1) is 11.7 Å². The first kappa shape index (κ1) is 19.3. The Morgan fingerprint density at radius 3 is 2.75 bits per heavy atom. The molecular formula is C21H23BrFN3O2. The molecule has 1 saturated carbocycles. The molecule has 2 fully saturated rings. The lowest BCUT2D eigenvalue weighted by Crippen LogP contribution is -2.32. The number of carbonyl (C=O) groups excluding carboxylic acids is 1. The van der Waals surface area contributed by atoms with Gasteiger partial charge >= 0.3 is 0 Å². The summed E-state index contributed by atoms with van der Waals surface area (Å²) in [5, 5.41) is 6.21. The summed E-state index contributed by atoms with van der Waals surface area (Å²) in [4.78, 5) is 17.1. The molecule has 2 aromatic rings. The summed E-state index contributed by atoms with van der Waals surface area (Å²) in [6.45, 7) is 2.21. The first-order chi connectivity index (χ1) is 13.6. The molecule has 1 aliphatic heterocycles. The summed E-state index contributed by atoms with van der Waals surface area (Å²) in [7, 11) is 0. The molecule has 1 amide bonds. The van der Waals surface area contributed by atoms with Crippen molar-refractivity contribution >= 4 is 33.3 Å². The highest BCUT2D eigenvalue weighted by atomic mass is 79.9. The predicted octanol–water partition coefficient (Wildman–Crippen LogP) is 4.76. The molecule has 1 aliphatic carbocycles. The minimum atomic E-state index is -0.322. The summed E-state index contributed by atoms with van der Waals surface area (Å²) in [5.41, 5.74) is 2.25. The Bertz CT molecular complexity index is 867. The molecule has 7 heteroatoms. The molecule has 2 aliphatic rings. The van der Waals surface area contributed by atoms with Crippen LogP contribution in [0.2, 0.25) is 0 Å². The molecule has 0 spiro atoms. The summed E-state index contributed by atoms with van der Waals surface area (Å²) < 4.78 is 19.7. The van der Waals surface area contributed by atoms with Gasteiger partial charge in [-0.1, -0.05) is 0 Å². The van der Waals surface area contributed by atoms with Gasteiger partial charge < -0.3 is 15.4 Å². The molecule has 1 aromatic heterocycles. The fourth-order valence-corrected chi connectivity index (χ4v) is 3.82. The Morgan fingerprint density at radius 1 is 1.21 bits per heavy atom. The van der Waals surface area contributed by atoms with Crippen LogP contribution < -0.4 is 10.6 Å². The smallest absolute Gasteiger partial charge is 0.253 e. The zero-order valence-electron chi connectivity index (χ0n) is 15.5. The van der Waals surface area contributed by atoms with Crippen molar-refractivity contribution in [2.45, 2.75) is 31.6 Å². The van der Waals surface area contributed by atoms with E-state index in [4.69, 9.17) is 4.74 Å². The van der Waals surface area contributed by atoms with Crippen molar-refractivity contribution in [3.63, 3.8) is 0 Å². The van der Waals surface area contributed by atoms with E-state index in [1.807, 2.05) is 6.07 Å². The largest absolute Gasteiger partial charge is 0.381 e. The van der Waals surface area contributed by atoms with Crippen molar-refractivity contribution in [3.05, 3.63) is 51.9 Å². The van der Waals surface area contributed by atoms with Crippen molar-refractivity contribution in [2.24, 2.45) is 5.92 Å². The molecule has 0 unspecified atom stereocenters. The number of nitrogens with one attached hydrogen (secondary N) is 2. The van der Waals surface area contributed by atoms with Gasteiger partial charge in [-0.3, -0.25) is 4.79 Å². The molecule has 5 nitrogen and oxygen atoms in total. The maximum absolute atomic E-state index is 13.5. The summed E-state index contributed by atoms with van der Waals surface area (Å²) in [6, 6.07) is 6.37. The molecule has 4 rings (SSSR count). The van der Waals surface area contributed by atoms with Gasteiger partial charge in [-0.05, 0) is 83.3 Å². The summed E-state index contributed by atoms with van der Waals surface area (Å²) >= 11 is 3.41. The van der Waals surface area contributed by atoms with Gasteiger partial charge in [0.15, 0.2) is 0 Å². The number of ether oxygens (including phenoxy) is 1. The second-order valence-electron chi connectivity index (χ2n) is 7.45. The normalized spacial score (nSPS) is 17.4. The van der Waals surface area contributed by atoms with Gasteiger partial charge in [0.2, 0.25) is 0 Å².